The smallest absolute Gasteiger partial charge is 0.353 e. The van der Waals surface area contributed by atoms with Crippen molar-refractivity contribution in [3.63, 3.8) is 0 Å². The van der Waals surface area contributed by atoms with Gasteiger partial charge in [0.15, 0.2) is 4.96 Å². The van der Waals surface area contributed by atoms with Crippen molar-refractivity contribution in [2.75, 3.05) is 7.11 Å². The van der Waals surface area contributed by atoms with E-state index in [1.807, 2.05) is 54.7 Å². The molecule has 0 spiro atoms. The van der Waals surface area contributed by atoms with Gasteiger partial charge < -0.3 is 14.2 Å². The Morgan fingerprint density at radius 2 is 1.68 bits per heavy atom. The van der Waals surface area contributed by atoms with Crippen molar-refractivity contribution < 1.29 is 23.8 Å². The zero-order valence-electron chi connectivity index (χ0n) is 18.4. The lowest BCUT2D eigenvalue weighted by molar-refractivity contribution is -0.131. The molecule has 7 nitrogen and oxygen atoms in total. The number of cyclic esters (lactones) is 1. The summed E-state index contributed by atoms with van der Waals surface area (Å²) in [5.74, 6) is 0.858. The van der Waals surface area contributed by atoms with Crippen LogP contribution in [0.15, 0.2) is 79.0 Å². The number of rotatable bonds is 4. The van der Waals surface area contributed by atoms with Crippen molar-refractivity contribution in [1.29, 1.82) is 0 Å². The molecule has 1 aliphatic heterocycles. The molecule has 3 heterocycles. The Balaban J connectivity index is 0.000000169. The standard InChI is InChI=1S/C17H12N2O2S.C9H8O3/c1-11(20)21-13-8-6-12(7-9-13)14-10-19-15-4-2-3-5-16(15)22-17(19)18-14;1-11-7-4-2-6(3-5-7)8-9(10)12-8/h2-10H,1H3;2-5,8H,1H3. The molecule has 34 heavy (non-hydrogen) atoms. The Labute approximate surface area is 199 Å². The summed E-state index contributed by atoms with van der Waals surface area (Å²) in [6.45, 7) is 1.39. The molecule has 2 aromatic heterocycles. The summed E-state index contributed by atoms with van der Waals surface area (Å²) < 4.78 is 18.0. The minimum Gasteiger partial charge on any atom is -0.497 e. The highest BCUT2D eigenvalue weighted by Crippen LogP contribution is 2.32. The zero-order valence-corrected chi connectivity index (χ0v) is 19.2. The van der Waals surface area contributed by atoms with Gasteiger partial charge in [-0.15, -0.1) is 0 Å². The van der Waals surface area contributed by atoms with Crippen LogP contribution >= 0.6 is 11.3 Å². The van der Waals surface area contributed by atoms with Crippen LogP contribution in [-0.4, -0.2) is 28.4 Å². The van der Waals surface area contributed by atoms with E-state index in [4.69, 9.17) is 14.2 Å². The summed E-state index contributed by atoms with van der Waals surface area (Å²) >= 11 is 1.67. The van der Waals surface area contributed by atoms with Gasteiger partial charge in [-0.25, -0.2) is 9.78 Å². The molecule has 0 N–H and O–H groups in total. The van der Waals surface area contributed by atoms with Crippen LogP contribution in [0.1, 0.15) is 18.6 Å². The Hall–Kier alpha value is -4.17. The summed E-state index contributed by atoms with van der Waals surface area (Å²) in [7, 11) is 1.60. The van der Waals surface area contributed by atoms with Gasteiger partial charge in [0.2, 0.25) is 6.10 Å². The van der Waals surface area contributed by atoms with Crippen LogP contribution in [0.2, 0.25) is 0 Å². The molecule has 1 atom stereocenters. The average Bonchev–Trinajstić information content (AvgIpc) is 3.28. The normalized spacial score (nSPS) is 14.3. The predicted octanol–water partition coefficient (Wildman–Crippen LogP) is 5.43. The monoisotopic (exact) mass is 472 g/mol. The highest BCUT2D eigenvalue weighted by molar-refractivity contribution is 7.23. The number of methoxy groups -OCH3 is 1. The fourth-order valence-electron chi connectivity index (χ4n) is 3.51. The Kier molecular flexibility index (Phi) is 5.73. The van der Waals surface area contributed by atoms with E-state index in [1.54, 1.807) is 30.6 Å². The number of thiazole rings is 1. The zero-order chi connectivity index (χ0) is 23.7. The van der Waals surface area contributed by atoms with Crippen LogP contribution < -0.4 is 9.47 Å². The molecule has 1 aliphatic rings. The minimum absolute atomic E-state index is 0.153. The van der Waals surface area contributed by atoms with Crippen molar-refractivity contribution in [2.45, 2.75) is 13.0 Å². The number of carbonyl (C=O) groups is 2. The molecular formula is C26H20N2O5S. The topological polar surface area (TPSA) is 82.4 Å². The van der Waals surface area contributed by atoms with Gasteiger partial charge in [-0.3, -0.25) is 9.20 Å². The number of nitrogens with zero attached hydrogens (tertiary/aromatic N) is 2. The van der Waals surface area contributed by atoms with Crippen LogP contribution in [0.5, 0.6) is 11.5 Å². The molecule has 0 saturated carbocycles. The first-order chi connectivity index (χ1) is 16.5. The Bertz CT molecular complexity index is 1490. The van der Waals surface area contributed by atoms with Gasteiger partial charge in [0.25, 0.3) is 0 Å². The second-order valence-corrected chi connectivity index (χ2v) is 8.57. The van der Waals surface area contributed by atoms with E-state index in [0.717, 1.165) is 33.0 Å². The van der Waals surface area contributed by atoms with Gasteiger partial charge in [0, 0.05) is 24.2 Å². The fraction of sp³-hybridized carbons (Fsp3) is 0.115. The number of esters is 1. The summed E-state index contributed by atoms with van der Waals surface area (Å²) in [4.78, 5) is 27.2. The summed E-state index contributed by atoms with van der Waals surface area (Å²) in [5, 5.41) is 0. The number of fused-ring (bicyclic) bond motifs is 3. The third kappa shape index (κ3) is 4.49. The number of aromatic nitrogens is 2. The molecule has 0 aliphatic carbocycles. The minimum atomic E-state index is -0.323. The van der Waals surface area contributed by atoms with Crippen LogP contribution in [0.4, 0.5) is 0 Å². The highest BCUT2D eigenvalue weighted by Gasteiger charge is 2.39. The number of benzene rings is 3. The highest BCUT2D eigenvalue weighted by atomic mass is 32.1. The molecule has 0 amide bonds. The van der Waals surface area contributed by atoms with E-state index in [0.29, 0.717) is 5.75 Å². The first kappa shape index (κ1) is 21.7. The number of hydrogen-bond acceptors (Lipinski definition) is 7. The van der Waals surface area contributed by atoms with Crippen molar-refractivity contribution in [1.82, 2.24) is 9.38 Å². The van der Waals surface area contributed by atoms with Crippen molar-refractivity contribution in [3.8, 4) is 22.8 Å². The average molecular weight is 473 g/mol. The summed E-state index contributed by atoms with van der Waals surface area (Å²) in [6.07, 6.45) is 1.71. The van der Waals surface area contributed by atoms with Gasteiger partial charge in [0.05, 0.1) is 23.0 Å². The molecule has 1 unspecified atom stereocenters. The fourth-order valence-corrected chi connectivity index (χ4v) is 4.52. The van der Waals surface area contributed by atoms with Crippen molar-refractivity contribution in [2.24, 2.45) is 0 Å². The second kappa shape index (κ2) is 8.99. The molecule has 3 aromatic carbocycles. The van der Waals surface area contributed by atoms with Crippen LogP contribution in [0.3, 0.4) is 0 Å². The predicted molar refractivity (Wildman–Crippen MR) is 129 cm³/mol. The molecule has 6 rings (SSSR count). The van der Waals surface area contributed by atoms with E-state index in [-0.39, 0.29) is 18.0 Å². The maximum atomic E-state index is 10.9. The van der Waals surface area contributed by atoms with E-state index in [2.05, 4.69) is 21.5 Å². The number of hydrogen-bond donors (Lipinski definition) is 0. The summed E-state index contributed by atoms with van der Waals surface area (Å²) in [6, 6.07) is 22.9. The molecule has 170 valence electrons. The first-order valence-corrected chi connectivity index (χ1v) is 11.3. The van der Waals surface area contributed by atoms with E-state index < -0.39 is 0 Å². The lowest BCUT2D eigenvalue weighted by Gasteiger charge is -2.01. The number of carbonyl (C=O) groups excluding carboxylic acids is 2. The number of para-hydroxylation sites is 1. The number of imidazole rings is 1. The quantitative estimate of drug-likeness (QED) is 0.197. The van der Waals surface area contributed by atoms with Crippen LogP contribution in [0, 0.1) is 0 Å². The second-order valence-electron chi connectivity index (χ2n) is 7.56. The molecule has 0 bridgehead atoms. The summed E-state index contributed by atoms with van der Waals surface area (Å²) in [5.41, 5.74) is 3.96. The lowest BCUT2D eigenvalue weighted by atomic mass is 10.1. The number of ether oxygens (including phenoxy) is 3. The first-order valence-electron chi connectivity index (χ1n) is 10.5. The van der Waals surface area contributed by atoms with Crippen molar-refractivity contribution in [3.05, 3.63) is 84.6 Å². The van der Waals surface area contributed by atoms with Gasteiger partial charge in [-0.1, -0.05) is 35.6 Å². The van der Waals surface area contributed by atoms with Gasteiger partial charge in [0.1, 0.15) is 11.5 Å². The molecular weight excluding hydrogens is 452 g/mol. The van der Waals surface area contributed by atoms with Gasteiger partial charge >= 0.3 is 11.9 Å². The molecule has 0 radical (unpaired) electrons. The maximum Gasteiger partial charge on any atom is 0.353 e. The van der Waals surface area contributed by atoms with E-state index in [9.17, 15) is 9.59 Å². The largest absolute Gasteiger partial charge is 0.497 e. The third-order valence-corrected chi connectivity index (χ3v) is 6.26. The maximum absolute atomic E-state index is 10.9. The van der Waals surface area contributed by atoms with Crippen LogP contribution in [-0.2, 0) is 14.3 Å². The SMILES string of the molecule is CC(=O)Oc1ccc(-c2cn3c(n2)sc2ccccc23)cc1.COc1ccc(C2OC2=O)cc1. The molecule has 5 aromatic rings. The van der Waals surface area contributed by atoms with E-state index >= 15 is 0 Å². The number of epoxide rings is 1. The lowest BCUT2D eigenvalue weighted by Crippen LogP contribution is -2.00. The van der Waals surface area contributed by atoms with E-state index in [1.165, 1.54) is 11.6 Å². The Morgan fingerprint density at radius 1 is 1.00 bits per heavy atom. The van der Waals surface area contributed by atoms with Crippen LogP contribution in [0.25, 0.3) is 26.4 Å². The Morgan fingerprint density at radius 3 is 2.32 bits per heavy atom. The van der Waals surface area contributed by atoms with Gasteiger partial charge in [-0.2, -0.15) is 0 Å². The third-order valence-electron chi connectivity index (χ3n) is 5.22. The molecule has 1 fully saturated rings. The van der Waals surface area contributed by atoms with Crippen molar-refractivity contribution >= 4 is 38.5 Å². The molecule has 1 saturated heterocycles. The van der Waals surface area contributed by atoms with Gasteiger partial charge in [-0.05, 0) is 48.5 Å². The molecule has 8 heteroatoms.